The lowest BCUT2D eigenvalue weighted by molar-refractivity contribution is -0.419. The molecule has 1 rings (SSSR count). The standard InChI is InChI=1S/C15H18N2O4/c1-5-7-12(17(19)20)8-11-9-13(16-10-11)15(3,4)14(18)21-6-2/h1,7-9,16H,6,10H2,2-4H3/b11-8-,12-7+. The summed E-state index contributed by atoms with van der Waals surface area (Å²) in [5, 5.41) is 13.9. The second kappa shape index (κ2) is 6.75. The van der Waals surface area contributed by atoms with Gasteiger partial charge in [0.05, 0.1) is 17.6 Å². The molecule has 6 heteroatoms. The molecule has 0 saturated carbocycles. The normalized spacial score (nSPS) is 17.0. The first-order chi connectivity index (χ1) is 9.82. The number of hydrogen-bond donors (Lipinski definition) is 1. The minimum absolute atomic E-state index is 0.166. The highest BCUT2D eigenvalue weighted by Crippen LogP contribution is 2.30. The maximum atomic E-state index is 11.9. The first kappa shape index (κ1) is 16.5. The number of allylic oxidation sites excluding steroid dienone is 2. The van der Waals surface area contributed by atoms with Crippen LogP contribution in [0.15, 0.2) is 35.2 Å². The van der Waals surface area contributed by atoms with E-state index in [0.29, 0.717) is 24.4 Å². The number of rotatable bonds is 5. The molecule has 1 N–H and O–H groups in total. The fraction of sp³-hybridized carbons (Fsp3) is 0.400. The van der Waals surface area contributed by atoms with Gasteiger partial charge in [0, 0.05) is 18.3 Å². The fourth-order valence-electron chi connectivity index (χ4n) is 1.82. The van der Waals surface area contributed by atoms with E-state index in [9.17, 15) is 14.9 Å². The molecule has 0 saturated heterocycles. The Hall–Kier alpha value is -2.55. The van der Waals surface area contributed by atoms with Crippen LogP contribution in [0.2, 0.25) is 0 Å². The van der Waals surface area contributed by atoms with E-state index in [1.165, 1.54) is 6.08 Å². The van der Waals surface area contributed by atoms with E-state index in [0.717, 1.165) is 6.08 Å². The predicted molar refractivity (Wildman–Crippen MR) is 78.5 cm³/mol. The molecule has 0 aliphatic carbocycles. The number of nitro groups is 1. The molecular formula is C15H18N2O4. The Bertz CT molecular complexity index is 577. The summed E-state index contributed by atoms with van der Waals surface area (Å²) in [5.41, 5.74) is 0.341. The molecule has 1 aliphatic heterocycles. The number of carbonyl (C=O) groups excluding carboxylic acids is 1. The van der Waals surface area contributed by atoms with Gasteiger partial charge in [0.1, 0.15) is 5.41 Å². The number of nitrogens with one attached hydrogen (secondary N) is 1. The molecule has 0 unspecified atom stereocenters. The zero-order valence-corrected chi connectivity index (χ0v) is 12.3. The quantitative estimate of drug-likeness (QED) is 0.361. The molecule has 0 radical (unpaired) electrons. The number of hydrogen-bond acceptors (Lipinski definition) is 5. The molecule has 21 heavy (non-hydrogen) atoms. The molecule has 0 fully saturated rings. The minimum Gasteiger partial charge on any atom is -0.465 e. The van der Waals surface area contributed by atoms with Crippen molar-refractivity contribution in [2.24, 2.45) is 5.41 Å². The number of ether oxygens (including phenoxy) is 1. The van der Waals surface area contributed by atoms with Crippen LogP contribution in [0.1, 0.15) is 20.8 Å². The van der Waals surface area contributed by atoms with Crippen LogP contribution in [-0.2, 0) is 9.53 Å². The van der Waals surface area contributed by atoms with E-state index in [1.54, 1.807) is 26.8 Å². The van der Waals surface area contributed by atoms with Gasteiger partial charge in [-0.3, -0.25) is 14.9 Å². The lowest BCUT2D eigenvalue weighted by Crippen LogP contribution is -2.33. The second-order valence-corrected chi connectivity index (χ2v) is 4.97. The van der Waals surface area contributed by atoms with Crippen LogP contribution in [-0.4, -0.2) is 24.0 Å². The molecular weight excluding hydrogens is 272 g/mol. The Kier molecular flexibility index (Phi) is 5.30. The largest absolute Gasteiger partial charge is 0.465 e. The molecule has 0 atom stereocenters. The number of nitrogens with zero attached hydrogens (tertiary/aromatic N) is 1. The van der Waals surface area contributed by atoms with Crippen molar-refractivity contribution < 1.29 is 14.5 Å². The van der Waals surface area contributed by atoms with E-state index in [1.807, 2.05) is 0 Å². The van der Waals surface area contributed by atoms with Crippen LogP contribution in [0.3, 0.4) is 0 Å². The van der Waals surface area contributed by atoms with Crippen LogP contribution in [0.5, 0.6) is 0 Å². The van der Waals surface area contributed by atoms with Gasteiger partial charge in [-0.2, -0.15) is 0 Å². The summed E-state index contributed by atoms with van der Waals surface area (Å²) >= 11 is 0. The number of esters is 1. The van der Waals surface area contributed by atoms with Gasteiger partial charge in [0.15, 0.2) is 0 Å². The number of terminal acetylenes is 1. The van der Waals surface area contributed by atoms with Gasteiger partial charge >= 0.3 is 5.97 Å². The maximum absolute atomic E-state index is 11.9. The average Bonchev–Trinajstić information content (AvgIpc) is 2.87. The third-order valence-electron chi connectivity index (χ3n) is 3.05. The van der Waals surface area contributed by atoms with Crippen molar-refractivity contribution in [3.05, 3.63) is 45.3 Å². The summed E-state index contributed by atoms with van der Waals surface area (Å²) in [6.45, 7) is 5.91. The van der Waals surface area contributed by atoms with Crippen LogP contribution < -0.4 is 5.32 Å². The van der Waals surface area contributed by atoms with Crippen molar-refractivity contribution in [2.45, 2.75) is 20.8 Å². The van der Waals surface area contributed by atoms with Gasteiger partial charge < -0.3 is 10.1 Å². The molecule has 112 valence electrons. The Morgan fingerprint density at radius 1 is 1.67 bits per heavy atom. The Morgan fingerprint density at radius 3 is 2.86 bits per heavy atom. The van der Waals surface area contributed by atoms with E-state index in [2.05, 4.69) is 11.2 Å². The van der Waals surface area contributed by atoms with Gasteiger partial charge in [-0.05, 0) is 32.4 Å². The van der Waals surface area contributed by atoms with Crippen molar-refractivity contribution >= 4 is 5.97 Å². The Labute approximate surface area is 123 Å². The summed E-state index contributed by atoms with van der Waals surface area (Å²) in [5.74, 6) is 1.79. The lowest BCUT2D eigenvalue weighted by atomic mass is 9.89. The van der Waals surface area contributed by atoms with Crippen molar-refractivity contribution in [1.29, 1.82) is 0 Å². The lowest BCUT2D eigenvalue weighted by Gasteiger charge is -2.23. The van der Waals surface area contributed by atoms with E-state index in [4.69, 9.17) is 11.2 Å². The monoisotopic (exact) mass is 290 g/mol. The zero-order chi connectivity index (χ0) is 16.0. The van der Waals surface area contributed by atoms with Gasteiger partial charge in [-0.15, -0.1) is 6.42 Å². The predicted octanol–water partition coefficient (Wildman–Crippen LogP) is 1.78. The third kappa shape index (κ3) is 3.96. The molecule has 0 spiro atoms. The topological polar surface area (TPSA) is 81.5 Å². The van der Waals surface area contributed by atoms with Gasteiger partial charge in [-0.1, -0.05) is 5.92 Å². The second-order valence-electron chi connectivity index (χ2n) is 4.97. The molecule has 0 aromatic rings. The molecule has 0 aromatic heterocycles. The molecule has 1 heterocycles. The first-order valence-corrected chi connectivity index (χ1v) is 6.47. The van der Waals surface area contributed by atoms with Crippen molar-refractivity contribution in [1.82, 2.24) is 5.32 Å². The first-order valence-electron chi connectivity index (χ1n) is 6.47. The third-order valence-corrected chi connectivity index (χ3v) is 3.05. The van der Waals surface area contributed by atoms with E-state index < -0.39 is 10.3 Å². The van der Waals surface area contributed by atoms with E-state index in [-0.39, 0.29) is 11.7 Å². The van der Waals surface area contributed by atoms with Crippen molar-refractivity contribution in [3.8, 4) is 12.3 Å². The van der Waals surface area contributed by atoms with Gasteiger partial charge in [0.25, 0.3) is 5.70 Å². The number of carbonyl (C=O) groups is 1. The van der Waals surface area contributed by atoms with Gasteiger partial charge in [-0.25, -0.2) is 0 Å². The Morgan fingerprint density at radius 2 is 2.33 bits per heavy atom. The van der Waals surface area contributed by atoms with Gasteiger partial charge in [0.2, 0.25) is 0 Å². The van der Waals surface area contributed by atoms with Crippen molar-refractivity contribution in [2.75, 3.05) is 13.2 Å². The average molecular weight is 290 g/mol. The summed E-state index contributed by atoms with van der Waals surface area (Å²) in [7, 11) is 0. The fourth-order valence-corrected chi connectivity index (χ4v) is 1.82. The molecule has 1 aliphatic rings. The summed E-state index contributed by atoms with van der Waals surface area (Å²) < 4.78 is 5.03. The zero-order valence-electron chi connectivity index (χ0n) is 12.3. The molecule has 0 aromatic carbocycles. The summed E-state index contributed by atoms with van der Waals surface area (Å²) in [6.07, 6.45) is 9.25. The highest BCUT2D eigenvalue weighted by molar-refractivity contribution is 5.80. The van der Waals surface area contributed by atoms with E-state index >= 15 is 0 Å². The van der Waals surface area contributed by atoms with Crippen LogP contribution >= 0.6 is 0 Å². The maximum Gasteiger partial charge on any atom is 0.317 e. The highest BCUT2D eigenvalue weighted by atomic mass is 16.6. The minimum atomic E-state index is -0.837. The molecule has 0 amide bonds. The van der Waals surface area contributed by atoms with Crippen LogP contribution in [0, 0.1) is 27.9 Å². The smallest absolute Gasteiger partial charge is 0.317 e. The van der Waals surface area contributed by atoms with Crippen LogP contribution in [0.25, 0.3) is 0 Å². The van der Waals surface area contributed by atoms with Crippen molar-refractivity contribution in [3.63, 3.8) is 0 Å². The molecule has 0 bridgehead atoms. The summed E-state index contributed by atoms with van der Waals surface area (Å²) in [4.78, 5) is 22.2. The van der Waals surface area contributed by atoms with Crippen LogP contribution in [0.4, 0.5) is 0 Å². The highest BCUT2D eigenvalue weighted by Gasteiger charge is 2.35. The Balaban J connectivity index is 3.02. The summed E-state index contributed by atoms with van der Waals surface area (Å²) in [6, 6.07) is 0. The molecule has 6 nitrogen and oxygen atoms in total. The SMILES string of the molecule is C#C/C=C(\C=C1\C=C(C(C)(C)C(=O)OCC)NC1)[N+](=O)[O-].